The average Bonchev–Trinajstić information content (AvgIpc) is 2.39. The van der Waals surface area contributed by atoms with Crippen LogP contribution in [0, 0.1) is 0 Å². The van der Waals surface area contributed by atoms with E-state index in [-0.39, 0.29) is 5.41 Å². The third kappa shape index (κ3) is 5.44. The molecular formula is C14H23NO3S2. The molecule has 1 aromatic carbocycles. The Bertz CT molecular complexity index is 458. The van der Waals surface area contributed by atoms with E-state index in [9.17, 15) is 4.21 Å². The maximum absolute atomic E-state index is 11.3. The van der Waals surface area contributed by atoms with Gasteiger partial charge in [0.25, 0.3) is 0 Å². The van der Waals surface area contributed by atoms with Crippen molar-refractivity contribution < 1.29 is 12.6 Å². The van der Waals surface area contributed by atoms with Crippen LogP contribution in [0.3, 0.4) is 0 Å². The Morgan fingerprint density at radius 2 is 2.00 bits per heavy atom. The van der Waals surface area contributed by atoms with Gasteiger partial charge in [0.05, 0.1) is 20.0 Å². The fourth-order valence-corrected chi connectivity index (χ4v) is 2.72. The third-order valence-corrected chi connectivity index (χ3v) is 4.27. The van der Waals surface area contributed by atoms with Crippen LogP contribution in [-0.4, -0.2) is 30.7 Å². The van der Waals surface area contributed by atoms with E-state index in [0.717, 1.165) is 10.6 Å². The number of hydrogen-bond donors (Lipinski definition) is 1. The minimum absolute atomic E-state index is 0.0209. The SMILES string of the molecule is COSc1ccc(NCCS(=O)OC)c(C(C)(C)C)c1. The fourth-order valence-electron chi connectivity index (χ4n) is 1.80. The molecule has 0 fully saturated rings. The Morgan fingerprint density at radius 1 is 1.30 bits per heavy atom. The molecule has 6 heteroatoms. The Kier molecular flexibility index (Phi) is 7.02. The van der Waals surface area contributed by atoms with Crippen molar-refractivity contribution in [1.82, 2.24) is 0 Å². The molecule has 1 rings (SSSR count). The molecule has 1 atom stereocenters. The average molecular weight is 317 g/mol. The predicted molar refractivity (Wildman–Crippen MR) is 86.5 cm³/mol. The van der Waals surface area contributed by atoms with Gasteiger partial charge < -0.3 is 9.50 Å². The topological polar surface area (TPSA) is 47.6 Å². The van der Waals surface area contributed by atoms with Crippen molar-refractivity contribution in [1.29, 1.82) is 0 Å². The second-order valence-electron chi connectivity index (χ2n) is 5.31. The second kappa shape index (κ2) is 8.02. The van der Waals surface area contributed by atoms with Crippen LogP contribution in [0.5, 0.6) is 0 Å². The van der Waals surface area contributed by atoms with Crippen molar-refractivity contribution in [2.75, 3.05) is 31.8 Å². The van der Waals surface area contributed by atoms with Gasteiger partial charge in [0, 0.05) is 29.2 Å². The standard InChI is InChI=1S/C14H23NO3S2/c1-14(2,3)12-10-11(19-17-4)6-7-13(12)15-8-9-20(16)18-5/h6-7,10,15H,8-9H2,1-5H3. The van der Waals surface area contributed by atoms with E-state index in [1.54, 1.807) is 7.11 Å². The summed E-state index contributed by atoms with van der Waals surface area (Å²) in [6.45, 7) is 7.12. The summed E-state index contributed by atoms with van der Waals surface area (Å²) in [5.74, 6) is 0.467. The number of hydrogen-bond acceptors (Lipinski definition) is 5. The zero-order valence-corrected chi connectivity index (χ0v) is 14.3. The van der Waals surface area contributed by atoms with E-state index < -0.39 is 11.1 Å². The molecule has 0 aliphatic heterocycles. The summed E-state index contributed by atoms with van der Waals surface area (Å²) in [6, 6.07) is 6.18. The van der Waals surface area contributed by atoms with Crippen molar-refractivity contribution in [2.45, 2.75) is 31.1 Å². The number of nitrogens with one attached hydrogen (secondary N) is 1. The van der Waals surface area contributed by atoms with Crippen molar-refractivity contribution in [3.8, 4) is 0 Å². The maximum Gasteiger partial charge on any atom is 0.156 e. The highest BCUT2D eigenvalue weighted by Gasteiger charge is 2.18. The van der Waals surface area contributed by atoms with E-state index in [0.29, 0.717) is 12.3 Å². The molecule has 0 aliphatic carbocycles. The smallest absolute Gasteiger partial charge is 0.156 e. The van der Waals surface area contributed by atoms with E-state index in [1.165, 1.54) is 24.7 Å². The lowest BCUT2D eigenvalue weighted by atomic mass is 9.86. The molecule has 0 spiro atoms. The summed E-state index contributed by atoms with van der Waals surface area (Å²) in [5.41, 5.74) is 2.29. The summed E-state index contributed by atoms with van der Waals surface area (Å²) in [6.07, 6.45) is 0. The van der Waals surface area contributed by atoms with Crippen LogP contribution in [0.2, 0.25) is 0 Å². The van der Waals surface area contributed by atoms with Gasteiger partial charge in [0.15, 0.2) is 11.1 Å². The number of rotatable bonds is 7. The minimum Gasteiger partial charge on any atom is -0.384 e. The highest BCUT2D eigenvalue weighted by molar-refractivity contribution is 7.94. The van der Waals surface area contributed by atoms with Gasteiger partial charge in [-0.05, 0) is 29.2 Å². The van der Waals surface area contributed by atoms with Crippen molar-refractivity contribution in [3.05, 3.63) is 23.8 Å². The minimum atomic E-state index is -1.22. The molecule has 1 aromatic rings. The molecule has 1 N–H and O–H groups in total. The number of anilines is 1. The Balaban J connectivity index is 2.86. The first-order valence-corrected chi connectivity index (χ1v) is 8.39. The van der Waals surface area contributed by atoms with Gasteiger partial charge in [-0.3, -0.25) is 4.18 Å². The molecule has 4 nitrogen and oxygen atoms in total. The maximum atomic E-state index is 11.3. The second-order valence-corrected chi connectivity index (χ2v) is 7.63. The van der Waals surface area contributed by atoms with E-state index in [4.69, 9.17) is 8.37 Å². The zero-order chi connectivity index (χ0) is 15.2. The molecule has 0 bridgehead atoms. The summed E-state index contributed by atoms with van der Waals surface area (Å²) in [7, 11) is 3.11. The Morgan fingerprint density at radius 3 is 2.55 bits per heavy atom. The monoisotopic (exact) mass is 317 g/mol. The normalized spacial score (nSPS) is 13.2. The van der Waals surface area contributed by atoms with Crippen LogP contribution in [0.4, 0.5) is 5.69 Å². The Hall–Kier alpha value is -0.560. The van der Waals surface area contributed by atoms with E-state index in [1.807, 2.05) is 12.1 Å². The fraction of sp³-hybridized carbons (Fsp3) is 0.571. The highest BCUT2D eigenvalue weighted by Crippen LogP contribution is 2.33. The predicted octanol–water partition coefficient (Wildman–Crippen LogP) is 3.36. The first-order chi connectivity index (χ1) is 9.38. The first-order valence-electron chi connectivity index (χ1n) is 6.40. The first kappa shape index (κ1) is 17.5. The molecule has 0 aliphatic rings. The summed E-state index contributed by atoms with van der Waals surface area (Å²) < 4.78 is 21.1. The molecule has 0 amide bonds. The van der Waals surface area contributed by atoms with E-state index in [2.05, 4.69) is 32.2 Å². The van der Waals surface area contributed by atoms with Crippen molar-refractivity contribution in [3.63, 3.8) is 0 Å². The van der Waals surface area contributed by atoms with Gasteiger partial charge in [0.1, 0.15) is 0 Å². The molecule has 0 heterocycles. The van der Waals surface area contributed by atoms with E-state index >= 15 is 0 Å². The summed E-state index contributed by atoms with van der Waals surface area (Å²) in [4.78, 5) is 1.07. The summed E-state index contributed by atoms with van der Waals surface area (Å²) in [5, 5.41) is 3.33. The molecule has 0 saturated carbocycles. The molecular weight excluding hydrogens is 294 g/mol. The molecule has 1 unspecified atom stereocenters. The van der Waals surface area contributed by atoms with Crippen LogP contribution >= 0.6 is 12.0 Å². The number of benzene rings is 1. The third-order valence-electron chi connectivity index (χ3n) is 2.75. The Labute approximate surface area is 128 Å². The van der Waals surface area contributed by atoms with Crippen LogP contribution in [0.1, 0.15) is 26.3 Å². The molecule has 0 aromatic heterocycles. The zero-order valence-electron chi connectivity index (χ0n) is 12.7. The summed E-state index contributed by atoms with van der Waals surface area (Å²) >= 11 is 0.128. The lowest BCUT2D eigenvalue weighted by molar-refractivity contribution is 0.446. The molecule has 114 valence electrons. The van der Waals surface area contributed by atoms with Crippen LogP contribution in [0.15, 0.2) is 23.1 Å². The van der Waals surface area contributed by atoms with Crippen LogP contribution in [-0.2, 0) is 24.9 Å². The lowest BCUT2D eigenvalue weighted by Crippen LogP contribution is -2.18. The van der Waals surface area contributed by atoms with Gasteiger partial charge in [-0.15, -0.1) is 0 Å². The van der Waals surface area contributed by atoms with Gasteiger partial charge in [-0.2, -0.15) is 0 Å². The quantitative estimate of drug-likeness (QED) is 0.781. The van der Waals surface area contributed by atoms with Gasteiger partial charge in [-0.1, -0.05) is 20.8 Å². The van der Waals surface area contributed by atoms with Crippen molar-refractivity contribution >= 4 is 28.8 Å². The highest BCUT2D eigenvalue weighted by atomic mass is 32.2. The van der Waals surface area contributed by atoms with Crippen LogP contribution in [0.25, 0.3) is 0 Å². The van der Waals surface area contributed by atoms with Gasteiger partial charge >= 0.3 is 0 Å². The molecule has 0 saturated heterocycles. The lowest BCUT2D eigenvalue weighted by Gasteiger charge is -2.24. The largest absolute Gasteiger partial charge is 0.384 e. The molecule has 20 heavy (non-hydrogen) atoms. The van der Waals surface area contributed by atoms with Gasteiger partial charge in [-0.25, -0.2) is 4.21 Å². The van der Waals surface area contributed by atoms with Gasteiger partial charge in [0.2, 0.25) is 0 Å². The molecule has 0 radical (unpaired) electrons. The van der Waals surface area contributed by atoms with Crippen LogP contribution < -0.4 is 5.32 Å². The van der Waals surface area contributed by atoms with Crippen molar-refractivity contribution in [2.24, 2.45) is 0 Å².